The van der Waals surface area contributed by atoms with Gasteiger partial charge in [0, 0.05) is 19.3 Å². The summed E-state index contributed by atoms with van der Waals surface area (Å²) in [6.45, 7) is 2.66. The molecule has 0 saturated carbocycles. The molecule has 1 aromatic heterocycles. The summed E-state index contributed by atoms with van der Waals surface area (Å²) >= 11 is 6.23. The fourth-order valence-corrected chi connectivity index (χ4v) is 3.31. The molecule has 0 fully saturated rings. The molecule has 3 rings (SSSR count). The summed E-state index contributed by atoms with van der Waals surface area (Å²) in [6.07, 6.45) is 2.01. The maximum absolute atomic E-state index is 13.2. The summed E-state index contributed by atoms with van der Waals surface area (Å²) in [5.74, 6) is -1.04. The largest absolute Gasteiger partial charge is 0.383 e. The molecule has 0 atom stereocenters. The van der Waals surface area contributed by atoms with Crippen LogP contribution in [0.1, 0.15) is 33.3 Å². The standard InChI is InChI=1S/C22H22ClFN4O3/c1-3-20-18(13-26-28(20)16-7-4-14(24)5-8-16)22(30)27-15-6-9-17(19(23)12-15)21(29)25-10-11-31-2/h4-9,12-13H,3,10-11H2,1-2H3,(H,25,29)(H,27,30). The van der Waals surface area contributed by atoms with E-state index >= 15 is 0 Å². The highest BCUT2D eigenvalue weighted by Crippen LogP contribution is 2.23. The smallest absolute Gasteiger partial charge is 0.259 e. The van der Waals surface area contributed by atoms with Gasteiger partial charge in [-0.05, 0) is 48.9 Å². The van der Waals surface area contributed by atoms with Gasteiger partial charge >= 0.3 is 0 Å². The van der Waals surface area contributed by atoms with Crippen molar-refractivity contribution in [3.63, 3.8) is 0 Å². The quantitative estimate of drug-likeness (QED) is 0.517. The number of amides is 2. The first kappa shape index (κ1) is 22.5. The van der Waals surface area contributed by atoms with Crippen LogP contribution in [-0.2, 0) is 11.2 Å². The highest BCUT2D eigenvalue weighted by molar-refractivity contribution is 6.34. The van der Waals surface area contributed by atoms with Crippen molar-refractivity contribution >= 4 is 29.1 Å². The first-order valence-electron chi connectivity index (χ1n) is 9.65. The lowest BCUT2D eigenvalue weighted by Gasteiger charge is -2.10. The molecule has 3 aromatic rings. The number of anilines is 1. The number of carbonyl (C=O) groups is 2. The number of rotatable bonds is 8. The molecule has 31 heavy (non-hydrogen) atoms. The Kier molecular flexibility index (Phi) is 7.38. The lowest BCUT2D eigenvalue weighted by atomic mass is 10.1. The van der Waals surface area contributed by atoms with Gasteiger partial charge in [-0.2, -0.15) is 5.10 Å². The van der Waals surface area contributed by atoms with Crippen molar-refractivity contribution in [2.45, 2.75) is 13.3 Å². The number of methoxy groups -OCH3 is 1. The van der Waals surface area contributed by atoms with Crippen LogP contribution >= 0.6 is 11.6 Å². The summed E-state index contributed by atoms with van der Waals surface area (Å²) in [5.41, 5.74) is 2.48. The molecule has 2 N–H and O–H groups in total. The van der Waals surface area contributed by atoms with Crippen molar-refractivity contribution in [2.75, 3.05) is 25.6 Å². The van der Waals surface area contributed by atoms with E-state index in [1.807, 2.05) is 6.92 Å². The Morgan fingerprint density at radius 1 is 1.13 bits per heavy atom. The number of carbonyl (C=O) groups excluding carboxylic acids is 2. The van der Waals surface area contributed by atoms with E-state index in [0.29, 0.717) is 47.8 Å². The van der Waals surface area contributed by atoms with E-state index < -0.39 is 0 Å². The Morgan fingerprint density at radius 2 is 1.87 bits per heavy atom. The number of benzene rings is 2. The molecule has 2 amide bonds. The molecule has 9 heteroatoms. The third-order valence-corrected chi connectivity index (χ3v) is 4.90. The second kappa shape index (κ2) is 10.2. The number of nitrogens with one attached hydrogen (secondary N) is 2. The predicted octanol–water partition coefficient (Wildman–Crippen LogP) is 3.86. The van der Waals surface area contributed by atoms with Crippen LogP contribution in [0.3, 0.4) is 0 Å². The molecule has 0 aliphatic carbocycles. The third kappa shape index (κ3) is 5.28. The molecule has 7 nitrogen and oxygen atoms in total. The molecule has 2 aromatic carbocycles. The average Bonchev–Trinajstić information content (AvgIpc) is 3.18. The molecule has 0 unspecified atom stereocenters. The van der Waals surface area contributed by atoms with Gasteiger partial charge in [-0.25, -0.2) is 9.07 Å². The molecule has 162 valence electrons. The van der Waals surface area contributed by atoms with E-state index in [-0.39, 0.29) is 22.7 Å². The minimum Gasteiger partial charge on any atom is -0.383 e. The number of hydrogen-bond acceptors (Lipinski definition) is 4. The maximum atomic E-state index is 13.2. The number of ether oxygens (including phenoxy) is 1. The van der Waals surface area contributed by atoms with Crippen molar-refractivity contribution in [3.8, 4) is 5.69 Å². The topological polar surface area (TPSA) is 85.2 Å². The van der Waals surface area contributed by atoms with Crippen molar-refractivity contribution in [3.05, 3.63) is 76.3 Å². The number of nitrogens with zero attached hydrogens (tertiary/aromatic N) is 2. The van der Waals surface area contributed by atoms with Crippen LogP contribution in [0.4, 0.5) is 10.1 Å². The van der Waals surface area contributed by atoms with Crippen LogP contribution in [0, 0.1) is 5.82 Å². The molecular formula is C22H22ClFN4O3. The monoisotopic (exact) mass is 444 g/mol. The van der Waals surface area contributed by atoms with Crippen LogP contribution in [-0.4, -0.2) is 41.9 Å². The van der Waals surface area contributed by atoms with Crippen LogP contribution < -0.4 is 10.6 Å². The summed E-state index contributed by atoms with van der Waals surface area (Å²) in [7, 11) is 1.55. The van der Waals surface area contributed by atoms with Gasteiger partial charge in [0.2, 0.25) is 0 Å². The average molecular weight is 445 g/mol. The Hall–Kier alpha value is -3.23. The zero-order chi connectivity index (χ0) is 22.4. The van der Waals surface area contributed by atoms with E-state index in [1.165, 1.54) is 24.4 Å². The molecule has 1 heterocycles. The summed E-state index contributed by atoms with van der Waals surface area (Å²) in [5, 5.41) is 9.97. The normalized spacial score (nSPS) is 10.7. The minimum atomic E-state index is -0.362. The molecule has 0 bridgehead atoms. The summed E-state index contributed by atoms with van der Waals surface area (Å²) in [6, 6.07) is 10.5. The van der Waals surface area contributed by atoms with Gasteiger partial charge in [0.15, 0.2) is 0 Å². The van der Waals surface area contributed by atoms with E-state index in [0.717, 1.165) is 0 Å². The molecular weight excluding hydrogens is 423 g/mol. The highest BCUT2D eigenvalue weighted by Gasteiger charge is 2.18. The third-order valence-electron chi connectivity index (χ3n) is 4.58. The lowest BCUT2D eigenvalue weighted by Crippen LogP contribution is -2.27. The SMILES string of the molecule is CCc1c(C(=O)Nc2ccc(C(=O)NCCOC)c(Cl)c2)cnn1-c1ccc(F)cc1. The van der Waals surface area contributed by atoms with Crippen molar-refractivity contribution in [2.24, 2.45) is 0 Å². The maximum Gasteiger partial charge on any atom is 0.259 e. The Balaban J connectivity index is 1.76. The van der Waals surface area contributed by atoms with Crippen molar-refractivity contribution in [1.29, 1.82) is 0 Å². The van der Waals surface area contributed by atoms with E-state index in [1.54, 1.807) is 36.1 Å². The second-order valence-corrected chi connectivity index (χ2v) is 7.05. The van der Waals surface area contributed by atoms with Crippen molar-refractivity contribution in [1.82, 2.24) is 15.1 Å². The molecule has 0 aliphatic heterocycles. The van der Waals surface area contributed by atoms with Gasteiger partial charge in [0.05, 0.1) is 40.3 Å². The predicted molar refractivity (Wildman–Crippen MR) is 117 cm³/mol. The van der Waals surface area contributed by atoms with E-state index in [4.69, 9.17) is 16.3 Å². The van der Waals surface area contributed by atoms with Crippen molar-refractivity contribution < 1.29 is 18.7 Å². The Labute approximate surface area is 184 Å². The first-order valence-corrected chi connectivity index (χ1v) is 10.0. The summed E-state index contributed by atoms with van der Waals surface area (Å²) in [4.78, 5) is 25.0. The minimum absolute atomic E-state index is 0.213. The second-order valence-electron chi connectivity index (χ2n) is 6.64. The number of halogens is 2. The molecule has 0 radical (unpaired) electrons. The fraction of sp³-hybridized carbons (Fsp3) is 0.227. The molecule has 0 saturated heterocycles. The van der Waals surface area contributed by atoms with Crippen LogP contribution in [0.15, 0.2) is 48.7 Å². The van der Waals surface area contributed by atoms with Crippen LogP contribution in [0.5, 0.6) is 0 Å². The number of hydrogen-bond donors (Lipinski definition) is 2. The lowest BCUT2D eigenvalue weighted by molar-refractivity contribution is 0.0936. The van der Waals surface area contributed by atoms with Gasteiger partial charge in [0.25, 0.3) is 11.8 Å². The summed E-state index contributed by atoms with van der Waals surface area (Å²) < 4.78 is 19.7. The van der Waals surface area contributed by atoms with Crippen LogP contribution in [0.2, 0.25) is 5.02 Å². The van der Waals surface area contributed by atoms with Gasteiger partial charge < -0.3 is 15.4 Å². The van der Waals surface area contributed by atoms with Gasteiger partial charge in [-0.1, -0.05) is 18.5 Å². The Morgan fingerprint density at radius 3 is 2.52 bits per heavy atom. The van der Waals surface area contributed by atoms with E-state index in [9.17, 15) is 14.0 Å². The number of aromatic nitrogens is 2. The fourth-order valence-electron chi connectivity index (χ4n) is 3.05. The Bertz CT molecular complexity index is 1080. The zero-order valence-corrected chi connectivity index (χ0v) is 17.9. The van der Waals surface area contributed by atoms with Gasteiger partial charge in [-0.15, -0.1) is 0 Å². The van der Waals surface area contributed by atoms with E-state index in [2.05, 4.69) is 15.7 Å². The van der Waals surface area contributed by atoms with Gasteiger partial charge in [-0.3, -0.25) is 9.59 Å². The first-order chi connectivity index (χ1) is 14.9. The molecule has 0 spiro atoms. The zero-order valence-electron chi connectivity index (χ0n) is 17.1. The molecule has 0 aliphatic rings. The van der Waals surface area contributed by atoms with Crippen LogP contribution in [0.25, 0.3) is 5.69 Å². The highest BCUT2D eigenvalue weighted by atomic mass is 35.5. The van der Waals surface area contributed by atoms with Gasteiger partial charge in [0.1, 0.15) is 5.82 Å².